The van der Waals surface area contributed by atoms with Gasteiger partial charge >= 0.3 is 5.97 Å². The first kappa shape index (κ1) is 30.6. The van der Waals surface area contributed by atoms with Crippen LogP contribution in [0.15, 0.2) is 12.7 Å². The fourth-order valence-corrected chi connectivity index (χ4v) is 7.81. The van der Waals surface area contributed by atoms with Crippen LogP contribution in [0, 0.1) is 23.2 Å². The summed E-state index contributed by atoms with van der Waals surface area (Å²) < 4.78 is 12.3. The van der Waals surface area contributed by atoms with Crippen LogP contribution in [0.4, 0.5) is 0 Å². The third kappa shape index (κ3) is 4.80. The van der Waals surface area contributed by atoms with Crippen LogP contribution in [0.3, 0.4) is 0 Å². The Balaban J connectivity index is 2.21. The number of carbonyl (C=O) groups excluding carboxylic acids is 3. The summed E-state index contributed by atoms with van der Waals surface area (Å²) in [5.74, 6) is -2.67. The number of hydrogen-bond donors (Lipinski definition) is 1. The lowest BCUT2D eigenvalue weighted by molar-refractivity contribution is -0.165. The number of fused-ring (bicyclic) bond motifs is 1. The quantitative estimate of drug-likeness (QED) is 0.319. The number of likely N-dealkylation sites (tertiary alicyclic amines) is 1. The van der Waals surface area contributed by atoms with E-state index in [4.69, 9.17) is 9.47 Å². The SMILES string of the molecule is C=CCN(C(=O)C1N([C@@H](CO)C(C)C)C(=O)[C@@H]2[C@H](C(=O)OCC)[C@]3(CC)CCC12O3)C(C)(C)CC(C)(C)C. The van der Waals surface area contributed by atoms with Gasteiger partial charge < -0.3 is 24.4 Å². The maximum atomic E-state index is 14.8. The predicted molar refractivity (Wildman–Crippen MR) is 146 cm³/mol. The molecule has 0 aliphatic carbocycles. The lowest BCUT2D eigenvalue weighted by Gasteiger charge is -2.47. The van der Waals surface area contributed by atoms with E-state index >= 15 is 0 Å². The normalized spacial score (nSPS) is 31.5. The van der Waals surface area contributed by atoms with E-state index in [9.17, 15) is 19.5 Å². The van der Waals surface area contributed by atoms with Crippen molar-refractivity contribution in [1.82, 2.24) is 9.80 Å². The third-order valence-electron chi connectivity index (χ3n) is 8.98. The fourth-order valence-electron chi connectivity index (χ4n) is 7.81. The number of amides is 2. The van der Waals surface area contributed by atoms with Gasteiger partial charge in [0.2, 0.25) is 11.8 Å². The van der Waals surface area contributed by atoms with Crippen LogP contribution >= 0.6 is 0 Å². The molecule has 2 unspecified atom stereocenters. The first-order valence-electron chi connectivity index (χ1n) is 14.3. The van der Waals surface area contributed by atoms with Crippen LogP contribution in [0.25, 0.3) is 0 Å². The molecular formula is C30H50N2O6. The summed E-state index contributed by atoms with van der Waals surface area (Å²) in [6.45, 7) is 22.2. The number of esters is 1. The summed E-state index contributed by atoms with van der Waals surface area (Å²) in [4.78, 5) is 45.9. The zero-order valence-electron chi connectivity index (χ0n) is 25.0. The molecule has 8 heteroatoms. The fraction of sp³-hybridized carbons (Fsp3) is 0.833. The van der Waals surface area contributed by atoms with Crippen LogP contribution in [0.1, 0.15) is 88.0 Å². The highest BCUT2D eigenvalue weighted by molar-refractivity contribution is 5.99. The number of aliphatic hydroxyl groups is 1. The Kier molecular flexibility index (Phi) is 8.51. The topological polar surface area (TPSA) is 96.4 Å². The molecule has 8 nitrogen and oxygen atoms in total. The third-order valence-corrected chi connectivity index (χ3v) is 8.98. The minimum Gasteiger partial charge on any atom is -0.466 e. The van der Waals surface area contributed by atoms with Gasteiger partial charge in [-0.1, -0.05) is 47.6 Å². The molecule has 1 N–H and O–H groups in total. The minimum atomic E-state index is -1.15. The van der Waals surface area contributed by atoms with E-state index in [-0.39, 0.29) is 36.4 Å². The molecule has 0 radical (unpaired) electrons. The van der Waals surface area contributed by atoms with Crippen molar-refractivity contribution in [2.75, 3.05) is 19.8 Å². The van der Waals surface area contributed by atoms with Crippen molar-refractivity contribution >= 4 is 17.8 Å². The van der Waals surface area contributed by atoms with Crippen molar-refractivity contribution in [2.45, 2.75) is 117 Å². The van der Waals surface area contributed by atoms with Gasteiger partial charge in [-0.2, -0.15) is 0 Å². The maximum absolute atomic E-state index is 14.8. The Morgan fingerprint density at radius 1 is 1.24 bits per heavy atom. The van der Waals surface area contributed by atoms with E-state index in [2.05, 4.69) is 27.4 Å². The first-order valence-corrected chi connectivity index (χ1v) is 14.3. The molecule has 216 valence electrons. The molecule has 6 atom stereocenters. The number of aliphatic hydroxyl groups excluding tert-OH is 1. The smallest absolute Gasteiger partial charge is 0.312 e. The van der Waals surface area contributed by atoms with Crippen molar-refractivity contribution in [1.29, 1.82) is 0 Å². The van der Waals surface area contributed by atoms with Gasteiger partial charge in [0, 0.05) is 12.1 Å². The van der Waals surface area contributed by atoms with Crippen molar-refractivity contribution in [3.05, 3.63) is 12.7 Å². The number of carbonyl (C=O) groups is 3. The number of nitrogens with zero attached hydrogens (tertiary/aromatic N) is 2. The van der Waals surface area contributed by atoms with Crippen molar-refractivity contribution in [2.24, 2.45) is 23.2 Å². The van der Waals surface area contributed by atoms with Crippen molar-refractivity contribution in [3.8, 4) is 0 Å². The van der Waals surface area contributed by atoms with Gasteiger partial charge in [0.25, 0.3) is 0 Å². The van der Waals surface area contributed by atoms with Crippen LogP contribution in [0.2, 0.25) is 0 Å². The Morgan fingerprint density at radius 2 is 1.87 bits per heavy atom. The monoisotopic (exact) mass is 534 g/mol. The maximum Gasteiger partial charge on any atom is 0.312 e. The standard InChI is InChI=1S/C30H50N2O6/c1-11-16-31(28(9,10)18-27(6,7)8)25(35)23-30-15-14-29(12-2,38-30)22(26(36)37-13-3)21(30)24(34)32(23)20(17-33)19(4)5/h11,19-23,33H,1,12-18H2,2-10H3/t20-,21-,22+,23?,29-,30?/m0/s1. The van der Waals surface area contributed by atoms with Crippen molar-refractivity contribution < 1.29 is 29.0 Å². The summed E-state index contributed by atoms with van der Waals surface area (Å²) >= 11 is 0. The van der Waals surface area contributed by atoms with E-state index in [1.807, 2.05) is 39.5 Å². The molecular weight excluding hydrogens is 484 g/mol. The minimum absolute atomic E-state index is 0.0512. The summed E-state index contributed by atoms with van der Waals surface area (Å²) in [5.41, 5.74) is -2.58. The van der Waals surface area contributed by atoms with Gasteiger partial charge in [-0.3, -0.25) is 14.4 Å². The highest BCUT2D eigenvalue weighted by Crippen LogP contribution is 2.65. The van der Waals surface area contributed by atoms with Crippen LogP contribution in [-0.2, 0) is 23.9 Å². The van der Waals surface area contributed by atoms with Gasteiger partial charge in [-0.25, -0.2) is 0 Å². The highest BCUT2D eigenvalue weighted by atomic mass is 16.6. The Morgan fingerprint density at radius 3 is 2.34 bits per heavy atom. The second kappa shape index (κ2) is 10.6. The zero-order valence-corrected chi connectivity index (χ0v) is 25.0. The second-order valence-electron chi connectivity index (χ2n) is 13.6. The molecule has 3 saturated heterocycles. The van der Waals surface area contributed by atoms with Gasteiger partial charge in [0.1, 0.15) is 17.6 Å². The molecule has 1 spiro atoms. The van der Waals surface area contributed by atoms with E-state index in [1.165, 1.54) is 0 Å². The summed E-state index contributed by atoms with van der Waals surface area (Å²) in [6.07, 6.45) is 4.06. The molecule has 3 heterocycles. The van der Waals surface area contributed by atoms with E-state index in [1.54, 1.807) is 17.9 Å². The predicted octanol–water partition coefficient (Wildman–Crippen LogP) is 3.95. The Bertz CT molecular complexity index is 940. The molecule has 3 rings (SSSR count). The zero-order chi connectivity index (χ0) is 28.8. The van der Waals surface area contributed by atoms with E-state index < -0.39 is 46.6 Å². The van der Waals surface area contributed by atoms with Crippen molar-refractivity contribution in [3.63, 3.8) is 0 Å². The Labute approximate surface area is 229 Å². The largest absolute Gasteiger partial charge is 0.466 e. The average molecular weight is 535 g/mol. The van der Waals surface area contributed by atoms with Crippen LogP contribution in [-0.4, -0.2) is 81.3 Å². The van der Waals surface area contributed by atoms with Crippen LogP contribution < -0.4 is 0 Å². The molecule has 3 aliphatic heterocycles. The number of ether oxygens (including phenoxy) is 2. The number of rotatable bonds is 11. The molecule has 38 heavy (non-hydrogen) atoms. The highest BCUT2D eigenvalue weighted by Gasteiger charge is 2.80. The molecule has 0 saturated carbocycles. The second-order valence-corrected chi connectivity index (χ2v) is 13.6. The molecule has 3 aliphatic rings. The molecule has 0 aromatic carbocycles. The van der Waals surface area contributed by atoms with E-state index in [0.717, 1.165) is 6.42 Å². The molecule has 2 amide bonds. The lowest BCUT2D eigenvalue weighted by atomic mass is 9.65. The summed E-state index contributed by atoms with van der Waals surface area (Å²) in [6, 6.07) is -1.54. The lowest BCUT2D eigenvalue weighted by Crippen LogP contribution is -2.63. The summed E-state index contributed by atoms with van der Waals surface area (Å²) in [5, 5.41) is 10.4. The molecule has 3 fully saturated rings. The first-order chi connectivity index (χ1) is 17.6. The molecule has 2 bridgehead atoms. The molecule has 0 aromatic rings. The summed E-state index contributed by atoms with van der Waals surface area (Å²) in [7, 11) is 0. The Hall–Kier alpha value is -1.93. The van der Waals surface area contributed by atoms with Gasteiger partial charge in [0.05, 0.1) is 30.8 Å². The average Bonchev–Trinajstić information content (AvgIpc) is 3.40. The van der Waals surface area contributed by atoms with Gasteiger partial charge in [-0.05, 0) is 57.8 Å². The van der Waals surface area contributed by atoms with Crippen LogP contribution in [0.5, 0.6) is 0 Å². The van der Waals surface area contributed by atoms with E-state index in [0.29, 0.717) is 25.8 Å². The molecule has 0 aromatic heterocycles. The van der Waals surface area contributed by atoms with Gasteiger partial charge in [0.15, 0.2) is 0 Å². The van der Waals surface area contributed by atoms with Gasteiger partial charge in [-0.15, -0.1) is 6.58 Å². The number of hydrogen-bond acceptors (Lipinski definition) is 6.